The largest absolute Gasteiger partial charge is 0.421 e. The number of nitrogens with zero attached hydrogens (tertiary/aromatic N) is 6. The number of aliphatic imine (C=N–C) groups is 2. The summed E-state index contributed by atoms with van der Waals surface area (Å²) in [4.78, 5) is 24.2. The van der Waals surface area contributed by atoms with E-state index in [1.54, 1.807) is 22.7 Å². The molecule has 2 aliphatic rings. The number of aryl methyl sites for hydroxylation is 2. The van der Waals surface area contributed by atoms with Crippen LogP contribution in [0.25, 0.3) is 0 Å². The summed E-state index contributed by atoms with van der Waals surface area (Å²) in [5.74, 6) is -0.306. The van der Waals surface area contributed by atoms with E-state index in [-0.39, 0.29) is 12.5 Å². The third-order valence-electron chi connectivity index (χ3n) is 6.65. The van der Waals surface area contributed by atoms with Gasteiger partial charge in [0.1, 0.15) is 17.1 Å². The van der Waals surface area contributed by atoms with Crippen molar-refractivity contribution < 1.29 is 18.0 Å². The third kappa shape index (κ3) is 9.17. The van der Waals surface area contributed by atoms with E-state index in [0.717, 1.165) is 57.9 Å². The van der Waals surface area contributed by atoms with Crippen molar-refractivity contribution in [3.05, 3.63) is 23.3 Å². The molecule has 0 saturated carbocycles. The fraction of sp³-hybridized carbons (Fsp3) is 0.680. The molecule has 3 heterocycles. The van der Waals surface area contributed by atoms with Gasteiger partial charge < -0.3 is 20.9 Å². The molecule has 0 atom stereocenters. The number of hydrogen-bond donors (Lipinski definition) is 2. The molecule has 3 N–H and O–H groups in total. The predicted octanol–water partition coefficient (Wildman–Crippen LogP) is 3.52. The standard InChI is InChI=1S/C25H39F3N8O/c1-20-22(18-36(33-20)16-8-13-34-11-5-6-12-34)31-17-21(25(26,27)28)24(32-19-29)30-10-7-15-35-14-4-2-3-9-23(35)37/h17-19,30H,2-16H2,1H3,(H2,29,32)/b24-21+,31-17-. The second kappa shape index (κ2) is 14.2. The van der Waals surface area contributed by atoms with Crippen LogP contribution in [0.4, 0.5) is 18.9 Å². The van der Waals surface area contributed by atoms with Gasteiger partial charge in [0.15, 0.2) is 0 Å². The number of carbonyl (C=O) groups excluding carboxylic acids is 1. The average molecular weight is 525 g/mol. The first-order valence-corrected chi connectivity index (χ1v) is 13.2. The molecule has 1 aromatic rings. The lowest BCUT2D eigenvalue weighted by molar-refractivity contribution is -0.130. The minimum absolute atomic E-state index is 0.100. The minimum Gasteiger partial charge on any atom is -0.390 e. The highest BCUT2D eigenvalue weighted by Crippen LogP contribution is 2.28. The molecule has 0 aliphatic carbocycles. The van der Waals surface area contributed by atoms with Crippen molar-refractivity contribution in [2.45, 2.75) is 71.0 Å². The second-order valence-corrected chi connectivity index (χ2v) is 9.53. The van der Waals surface area contributed by atoms with Gasteiger partial charge in [0.05, 0.1) is 18.2 Å². The Hall–Kier alpha value is -2.89. The lowest BCUT2D eigenvalue weighted by Crippen LogP contribution is -2.33. The summed E-state index contributed by atoms with van der Waals surface area (Å²) in [7, 11) is 0. The van der Waals surface area contributed by atoms with Crippen molar-refractivity contribution in [2.75, 3.05) is 39.3 Å². The Bertz CT molecular complexity index is 964. The number of nitrogens with two attached hydrogens (primary N) is 1. The van der Waals surface area contributed by atoms with Crippen molar-refractivity contribution in [3.63, 3.8) is 0 Å². The highest BCUT2D eigenvalue weighted by molar-refractivity contribution is 5.84. The van der Waals surface area contributed by atoms with Crippen molar-refractivity contribution >= 4 is 24.1 Å². The maximum atomic E-state index is 13.9. The van der Waals surface area contributed by atoms with Crippen molar-refractivity contribution in [3.8, 4) is 0 Å². The van der Waals surface area contributed by atoms with Crippen LogP contribution in [0, 0.1) is 6.92 Å². The Balaban J connectivity index is 1.63. The van der Waals surface area contributed by atoms with E-state index in [1.807, 2.05) is 0 Å². The summed E-state index contributed by atoms with van der Waals surface area (Å²) in [6.07, 6.45) is 5.82. The van der Waals surface area contributed by atoms with Crippen molar-refractivity contribution in [1.82, 2.24) is 24.9 Å². The lowest BCUT2D eigenvalue weighted by atomic mass is 10.2. The van der Waals surface area contributed by atoms with E-state index >= 15 is 0 Å². The summed E-state index contributed by atoms with van der Waals surface area (Å²) in [6, 6.07) is 0. The Kier molecular flexibility index (Phi) is 11.0. The molecule has 0 bridgehead atoms. The number of allylic oxidation sites excluding steroid dienone is 1. The van der Waals surface area contributed by atoms with E-state index in [1.165, 1.54) is 12.8 Å². The summed E-state index contributed by atoms with van der Waals surface area (Å²) < 4.78 is 43.5. The summed E-state index contributed by atoms with van der Waals surface area (Å²) in [6.45, 7) is 7.01. The molecule has 12 heteroatoms. The van der Waals surface area contributed by atoms with Crippen LogP contribution in [-0.2, 0) is 11.3 Å². The molecule has 0 spiro atoms. The quantitative estimate of drug-likeness (QED) is 0.247. The van der Waals surface area contributed by atoms with Crippen LogP contribution >= 0.6 is 0 Å². The Morgan fingerprint density at radius 3 is 2.59 bits per heavy atom. The number of likely N-dealkylation sites (tertiary alicyclic amines) is 2. The number of amides is 1. The SMILES string of the molecule is Cc1nn(CCCN2CCCC2)cc1\N=C/C(=C(\N=C\N)NCCCN1CCCCCC1=O)C(F)(F)F. The molecule has 2 aliphatic heterocycles. The van der Waals surface area contributed by atoms with Gasteiger partial charge in [-0.25, -0.2) is 4.99 Å². The molecule has 37 heavy (non-hydrogen) atoms. The smallest absolute Gasteiger partial charge is 0.390 e. The van der Waals surface area contributed by atoms with Crippen molar-refractivity contribution in [2.24, 2.45) is 15.7 Å². The van der Waals surface area contributed by atoms with Gasteiger partial charge in [-0.1, -0.05) is 6.42 Å². The summed E-state index contributed by atoms with van der Waals surface area (Å²) in [5.41, 5.74) is 5.25. The Morgan fingerprint density at radius 2 is 1.86 bits per heavy atom. The summed E-state index contributed by atoms with van der Waals surface area (Å²) >= 11 is 0. The number of aromatic nitrogens is 2. The second-order valence-electron chi connectivity index (χ2n) is 9.53. The first-order chi connectivity index (χ1) is 17.8. The van der Waals surface area contributed by atoms with E-state index in [9.17, 15) is 18.0 Å². The first-order valence-electron chi connectivity index (χ1n) is 13.2. The van der Waals surface area contributed by atoms with Gasteiger partial charge in [-0.05, 0) is 65.1 Å². The van der Waals surface area contributed by atoms with Gasteiger partial charge >= 0.3 is 6.18 Å². The third-order valence-corrected chi connectivity index (χ3v) is 6.65. The van der Waals surface area contributed by atoms with Crippen molar-refractivity contribution in [1.29, 1.82) is 0 Å². The molecule has 0 unspecified atom stereocenters. The molecule has 0 radical (unpaired) electrons. The molecule has 9 nitrogen and oxygen atoms in total. The van der Waals surface area contributed by atoms with Gasteiger partial charge in [-0.15, -0.1) is 0 Å². The van der Waals surface area contributed by atoms with Gasteiger partial charge in [0, 0.05) is 38.8 Å². The molecule has 1 aromatic heterocycles. The van der Waals surface area contributed by atoms with E-state index in [4.69, 9.17) is 5.73 Å². The molecule has 2 fully saturated rings. The number of halogens is 3. The highest BCUT2D eigenvalue weighted by Gasteiger charge is 2.36. The maximum absolute atomic E-state index is 13.9. The van der Waals surface area contributed by atoms with Crippen LogP contribution in [0.5, 0.6) is 0 Å². The van der Waals surface area contributed by atoms with E-state index in [0.29, 0.717) is 43.9 Å². The zero-order valence-corrected chi connectivity index (χ0v) is 21.6. The fourth-order valence-electron chi connectivity index (χ4n) is 4.65. The molecule has 1 amide bonds. The predicted molar refractivity (Wildman–Crippen MR) is 139 cm³/mol. The number of hydrogen-bond acceptors (Lipinski definition) is 6. The zero-order valence-electron chi connectivity index (χ0n) is 21.6. The van der Waals surface area contributed by atoms with Crippen LogP contribution in [0.3, 0.4) is 0 Å². The number of rotatable bonds is 12. The monoisotopic (exact) mass is 524 g/mol. The average Bonchev–Trinajstić information content (AvgIpc) is 3.43. The van der Waals surface area contributed by atoms with Gasteiger partial charge in [-0.3, -0.25) is 14.5 Å². The van der Waals surface area contributed by atoms with Gasteiger partial charge in [0.25, 0.3) is 0 Å². The Labute approximate surface area is 216 Å². The van der Waals surface area contributed by atoms with Crippen LogP contribution < -0.4 is 11.1 Å². The van der Waals surface area contributed by atoms with Crippen LogP contribution in [-0.4, -0.2) is 83.5 Å². The van der Waals surface area contributed by atoms with E-state index < -0.39 is 17.6 Å². The number of alkyl halides is 3. The van der Waals surface area contributed by atoms with Gasteiger partial charge in [-0.2, -0.15) is 18.3 Å². The topological polar surface area (TPSA) is 104 Å². The maximum Gasteiger partial charge on any atom is 0.421 e. The molecular weight excluding hydrogens is 485 g/mol. The molecular formula is C25H39F3N8O. The number of nitrogens with one attached hydrogen (secondary N) is 1. The van der Waals surface area contributed by atoms with Crippen LogP contribution in [0.1, 0.15) is 57.1 Å². The molecule has 2 saturated heterocycles. The van der Waals surface area contributed by atoms with Crippen LogP contribution in [0.15, 0.2) is 27.6 Å². The minimum atomic E-state index is -4.70. The highest BCUT2D eigenvalue weighted by atomic mass is 19.4. The fourth-order valence-corrected chi connectivity index (χ4v) is 4.65. The van der Waals surface area contributed by atoms with Crippen LogP contribution in [0.2, 0.25) is 0 Å². The molecule has 3 rings (SSSR count). The molecule has 0 aromatic carbocycles. The first kappa shape index (κ1) is 28.7. The lowest BCUT2D eigenvalue weighted by Gasteiger charge is -2.21. The van der Waals surface area contributed by atoms with Gasteiger partial charge in [0.2, 0.25) is 5.91 Å². The zero-order chi connectivity index (χ0) is 26.7. The number of carbonyl (C=O) groups is 1. The van der Waals surface area contributed by atoms with E-state index in [2.05, 4.69) is 25.3 Å². The molecule has 206 valence electrons. The Morgan fingerprint density at radius 1 is 1.11 bits per heavy atom. The normalized spacial score (nSPS) is 18.7. The summed E-state index contributed by atoms with van der Waals surface area (Å²) in [5, 5.41) is 7.14.